The van der Waals surface area contributed by atoms with Gasteiger partial charge in [0.25, 0.3) is 5.76 Å². The van der Waals surface area contributed by atoms with Crippen LogP contribution in [0.25, 0.3) is 27.8 Å². The third-order valence-corrected chi connectivity index (χ3v) is 6.75. The molecule has 0 atom stereocenters. The van der Waals surface area contributed by atoms with E-state index in [-0.39, 0.29) is 16.9 Å². The van der Waals surface area contributed by atoms with Gasteiger partial charge in [-0.15, -0.1) is 0 Å². The number of hydrogen-bond acceptors (Lipinski definition) is 5. The van der Waals surface area contributed by atoms with Gasteiger partial charge in [0.1, 0.15) is 17.1 Å². The molecule has 0 aliphatic carbocycles. The van der Waals surface area contributed by atoms with Gasteiger partial charge in [-0.3, -0.25) is 4.79 Å². The maximum atomic E-state index is 13.9. The highest BCUT2D eigenvalue weighted by molar-refractivity contribution is 6.32. The number of carbonyl (C=O) groups excluding carboxylic acids is 1. The van der Waals surface area contributed by atoms with Crippen LogP contribution >= 0.6 is 11.6 Å². The number of rotatable bonds is 5. The van der Waals surface area contributed by atoms with Crippen molar-refractivity contribution in [1.82, 2.24) is 0 Å². The Labute approximate surface area is 231 Å². The van der Waals surface area contributed by atoms with E-state index in [1.165, 1.54) is 30.3 Å². The van der Waals surface area contributed by atoms with Gasteiger partial charge in [-0.1, -0.05) is 54.1 Å². The lowest BCUT2D eigenvalue weighted by Gasteiger charge is -2.14. The summed E-state index contributed by atoms with van der Waals surface area (Å²) in [6, 6.07) is 19.7. The number of alkyl halides is 3. The largest absolute Gasteiger partial charge is 0.453 e. The van der Waals surface area contributed by atoms with Crippen molar-refractivity contribution in [2.75, 3.05) is 0 Å². The van der Waals surface area contributed by atoms with Crippen molar-refractivity contribution in [3.63, 3.8) is 0 Å². The Balaban J connectivity index is 1.46. The van der Waals surface area contributed by atoms with Crippen LogP contribution < -0.4 is 14.9 Å². The minimum absolute atomic E-state index is 0.0000759. The molecule has 1 heterocycles. The summed E-state index contributed by atoms with van der Waals surface area (Å²) in [7, 11) is 0. The molecule has 4 aromatic carbocycles. The van der Waals surface area contributed by atoms with Crippen LogP contribution in [0, 0.1) is 13.8 Å². The van der Waals surface area contributed by atoms with Gasteiger partial charge >= 0.3 is 12.1 Å². The first kappa shape index (κ1) is 27.0. The van der Waals surface area contributed by atoms with Crippen LogP contribution in [0.1, 0.15) is 22.5 Å². The molecule has 202 valence electrons. The number of halogens is 4. The molecule has 5 nitrogen and oxygen atoms in total. The van der Waals surface area contributed by atoms with Crippen molar-refractivity contribution < 1.29 is 31.9 Å². The summed E-state index contributed by atoms with van der Waals surface area (Å²) in [4.78, 5) is 25.6. The maximum Gasteiger partial charge on any atom is 0.453 e. The smallest absolute Gasteiger partial charge is 0.449 e. The molecule has 0 amide bonds. The third-order valence-electron chi connectivity index (χ3n) is 6.15. The van der Waals surface area contributed by atoms with Gasteiger partial charge in [-0.2, -0.15) is 13.2 Å². The summed E-state index contributed by atoms with van der Waals surface area (Å²) < 4.78 is 57.6. The summed E-state index contributed by atoms with van der Waals surface area (Å²) in [6.07, 6.45) is -2.26. The van der Waals surface area contributed by atoms with Gasteiger partial charge in [-0.05, 0) is 71.7 Å². The van der Waals surface area contributed by atoms with E-state index >= 15 is 0 Å². The lowest BCUT2D eigenvalue weighted by molar-refractivity contribution is -0.154. The molecule has 0 saturated heterocycles. The van der Waals surface area contributed by atoms with Crippen LogP contribution in [0.3, 0.4) is 0 Å². The Morgan fingerprint density at radius 1 is 0.900 bits per heavy atom. The minimum atomic E-state index is -5.05. The molecular weight excluding hydrogens is 545 g/mol. The Morgan fingerprint density at radius 2 is 1.60 bits per heavy atom. The Hall–Kier alpha value is -4.56. The first-order valence-corrected chi connectivity index (χ1v) is 12.4. The fourth-order valence-corrected chi connectivity index (χ4v) is 4.40. The van der Waals surface area contributed by atoms with Gasteiger partial charge in [0, 0.05) is 17.2 Å². The van der Waals surface area contributed by atoms with Gasteiger partial charge in [0.05, 0.1) is 5.39 Å². The second-order valence-electron chi connectivity index (χ2n) is 9.04. The number of fused-ring (bicyclic) bond motifs is 2. The SMILES string of the molecule is Cc1cc(Oc2c(C(F)(F)F)oc3cc(OC(=O)/C=C/c4cccc5ccccc45)ccc3c2=O)cc(C)c1Cl. The summed E-state index contributed by atoms with van der Waals surface area (Å²) in [5.41, 5.74) is 0.463. The third kappa shape index (κ3) is 5.44. The fourth-order valence-electron chi connectivity index (χ4n) is 4.29. The van der Waals surface area contributed by atoms with Crippen LogP contribution in [0.4, 0.5) is 13.2 Å². The molecule has 0 aliphatic rings. The quantitative estimate of drug-likeness (QED) is 0.121. The fraction of sp³-hybridized carbons (Fsp3) is 0.0968. The van der Waals surface area contributed by atoms with E-state index in [1.807, 2.05) is 42.5 Å². The highest BCUT2D eigenvalue weighted by Crippen LogP contribution is 2.39. The highest BCUT2D eigenvalue weighted by Gasteiger charge is 2.40. The van der Waals surface area contributed by atoms with Crippen LogP contribution in [-0.4, -0.2) is 5.97 Å². The molecule has 0 radical (unpaired) electrons. The number of carbonyl (C=O) groups is 1. The van der Waals surface area contributed by atoms with E-state index in [0.717, 1.165) is 22.4 Å². The zero-order valence-corrected chi connectivity index (χ0v) is 21.9. The van der Waals surface area contributed by atoms with E-state index in [2.05, 4.69) is 0 Å². The molecule has 9 heteroatoms. The predicted molar refractivity (Wildman–Crippen MR) is 147 cm³/mol. The van der Waals surface area contributed by atoms with Gasteiger partial charge in [0.15, 0.2) is 0 Å². The Morgan fingerprint density at radius 3 is 2.33 bits per heavy atom. The molecule has 5 aromatic rings. The van der Waals surface area contributed by atoms with Crippen molar-refractivity contribution >= 4 is 45.4 Å². The first-order chi connectivity index (χ1) is 19.0. The number of hydrogen-bond donors (Lipinski definition) is 0. The van der Waals surface area contributed by atoms with E-state index in [9.17, 15) is 22.8 Å². The van der Waals surface area contributed by atoms with E-state index < -0.39 is 34.7 Å². The molecule has 0 aliphatic heterocycles. The second kappa shape index (κ2) is 10.5. The molecule has 0 N–H and O–H groups in total. The van der Waals surface area contributed by atoms with Crippen LogP contribution in [-0.2, 0) is 11.0 Å². The molecular formula is C31H20ClF3O5. The van der Waals surface area contributed by atoms with E-state index in [4.69, 9.17) is 25.5 Å². The summed E-state index contributed by atoms with van der Waals surface area (Å²) in [5.74, 6) is -3.49. The number of benzene rings is 4. The number of esters is 1. The predicted octanol–water partition coefficient (Wildman–Crippen LogP) is 8.65. The van der Waals surface area contributed by atoms with Crippen molar-refractivity contribution in [3.05, 3.63) is 117 Å². The average Bonchev–Trinajstić information content (AvgIpc) is 2.91. The average molecular weight is 565 g/mol. The Bertz CT molecular complexity index is 1840. The molecule has 40 heavy (non-hydrogen) atoms. The van der Waals surface area contributed by atoms with Crippen LogP contribution in [0.5, 0.6) is 17.2 Å². The van der Waals surface area contributed by atoms with Crippen LogP contribution in [0.15, 0.2) is 88.1 Å². The first-order valence-electron chi connectivity index (χ1n) is 12.0. The molecule has 0 bridgehead atoms. The van der Waals surface area contributed by atoms with Crippen LogP contribution in [0.2, 0.25) is 5.02 Å². The lowest BCUT2D eigenvalue weighted by atomic mass is 10.0. The number of aryl methyl sites for hydroxylation is 2. The van der Waals surface area contributed by atoms with Gasteiger partial charge in [-0.25, -0.2) is 4.79 Å². The summed E-state index contributed by atoms with van der Waals surface area (Å²) in [6.45, 7) is 3.32. The normalized spacial score (nSPS) is 11.8. The zero-order valence-electron chi connectivity index (χ0n) is 21.1. The van der Waals surface area contributed by atoms with Gasteiger partial charge < -0.3 is 13.9 Å². The van der Waals surface area contributed by atoms with Gasteiger partial charge in [0.2, 0.25) is 11.2 Å². The topological polar surface area (TPSA) is 65.7 Å². The maximum absolute atomic E-state index is 13.9. The van der Waals surface area contributed by atoms with Crippen molar-refractivity contribution in [2.24, 2.45) is 0 Å². The monoisotopic (exact) mass is 564 g/mol. The molecule has 0 fully saturated rings. The van der Waals surface area contributed by atoms with Crippen molar-refractivity contribution in [2.45, 2.75) is 20.0 Å². The molecule has 0 spiro atoms. The molecule has 0 saturated carbocycles. The minimum Gasteiger partial charge on any atom is -0.449 e. The zero-order chi connectivity index (χ0) is 28.6. The van der Waals surface area contributed by atoms with E-state index in [1.54, 1.807) is 19.9 Å². The number of ether oxygens (including phenoxy) is 2. The summed E-state index contributed by atoms with van der Waals surface area (Å²) >= 11 is 6.13. The standard InChI is InChI=1S/C31H20ClF3O5/c1-17-14-22(15-18(2)27(17)32)39-29-28(37)24-12-11-21(16-25(24)40-30(29)31(33,34)35)38-26(36)13-10-20-8-5-7-19-6-3-4-9-23(19)20/h3-16H,1-2H3/b13-10+. The second-order valence-corrected chi connectivity index (χ2v) is 9.42. The van der Waals surface area contributed by atoms with E-state index in [0.29, 0.717) is 16.1 Å². The molecule has 1 aromatic heterocycles. The molecule has 5 rings (SSSR count). The lowest BCUT2D eigenvalue weighted by Crippen LogP contribution is -2.15. The summed E-state index contributed by atoms with van der Waals surface area (Å²) in [5, 5.41) is 2.18. The van der Waals surface area contributed by atoms with Crippen molar-refractivity contribution in [3.8, 4) is 17.2 Å². The molecule has 0 unspecified atom stereocenters. The highest BCUT2D eigenvalue weighted by atomic mass is 35.5. The van der Waals surface area contributed by atoms with Crippen molar-refractivity contribution in [1.29, 1.82) is 0 Å². The Kier molecular flexibility index (Phi) is 7.12.